The van der Waals surface area contributed by atoms with Gasteiger partial charge in [-0.2, -0.15) is 5.10 Å². The third-order valence-electron chi connectivity index (χ3n) is 8.85. The van der Waals surface area contributed by atoms with Gasteiger partial charge in [0.25, 0.3) is 5.91 Å². The van der Waals surface area contributed by atoms with Crippen LogP contribution in [0.1, 0.15) is 67.4 Å². The van der Waals surface area contributed by atoms with Crippen LogP contribution in [0, 0.1) is 11.3 Å². The summed E-state index contributed by atoms with van der Waals surface area (Å²) >= 11 is 0. The number of rotatable bonds is 11. The molecule has 1 aromatic carbocycles. The van der Waals surface area contributed by atoms with Crippen molar-refractivity contribution in [3.05, 3.63) is 59.4 Å². The number of pyridine rings is 1. The topological polar surface area (TPSA) is 140 Å². The van der Waals surface area contributed by atoms with E-state index in [2.05, 4.69) is 15.7 Å². The second-order valence-electron chi connectivity index (χ2n) is 13.2. The Bertz CT molecular complexity index is 1460. The molecule has 10 nitrogen and oxygen atoms in total. The molecule has 2 amide bonds. The van der Waals surface area contributed by atoms with Crippen LogP contribution in [0.4, 0.5) is 0 Å². The summed E-state index contributed by atoms with van der Waals surface area (Å²) in [5, 5.41) is 20.8. The number of aromatic nitrogens is 2. The van der Waals surface area contributed by atoms with Gasteiger partial charge in [-0.3, -0.25) is 9.59 Å². The lowest BCUT2D eigenvalue weighted by Gasteiger charge is -2.57. The monoisotopic (exact) mass is 575 g/mol. The summed E-state index contributed by atoms with van der Waals surface area (Å²) in [6.45, 7) is 5.63. The van der Waals surface area contributed by atoms with Crippen molar-refractivity contribution in [2.24, 2.45) is 17.1 Å². The van der Waals surface area contributed by atoms with E-state index in [4.69, 9.17) is 15.2 Å². The number of fused-ring (bicyclic) bond motifs is 1. The van der Waals surface area contributed by atoms with Crippen LogP contribution in [-0.4, -0.2) is 64.0 Å². The predicted molar refractivity (Wildman–Crippen MR) is 158 cm³/mol. The molecule has 2 aromatic heterocycles. The molecular weight excluding hydrogens is 534 g/mol. The summed E-state index contributed by atoms with van der Waals surface area (Å²) in [4.78, 5) is 24.9. The molecule has 3 fully saturated rings. The minimum atomic E-state index is -0.928. The highest BCUT2D eigenvalue weighted by Gasteiger charge is 2.54. The second kappa shape index (κ2) is 11.2. The molecule has 1 aliphatic heterocycles. The van der Waals surface area contributed by atoms with Gasteiger partial charge >= 0.3 is 0 Å². The van der Waals surface area contributed by atoms with E-state index in [1.807, 2.05) is 24.3 Å². The Hall–Kier alpha value is -3.63. The van der Waals surface area contributed by atoms with Crippen molar-refractivity contribution in [1.82, 2.24) is 20.2 Å². The van der Waals surface area contributed by atoms with Gasteiger partial charge in [-0.05, 0) is 107 Å². The predicted octanol–water partition coefficient (Wildman–Crippen LogP) is 2.78. The number of carbonyl (C=O) groups is 2. The molecule has 224 valence electrons. The molecule has 0 radical (unpaired) electrons. The highest BCUT2D eigenvalue weighted by Crippen LogP contribution is 2.57. The average molecular weight is 576 g/mol. The van der Waals surface area contributed by atoms with Crippen molar-refractivity contribution in [3.8, 4) is 11.5 Å². The maximum Gasteiger partial charge on any atom is 0.252 e. The number of nitrogens with zero attached hydrogens (tertiary/aromatic N) is 2. The van der Waals surface area contributed by atoms with E-state index in [-0.39, 0.29) is 36.5 Å². The molecule has 0 bridgehead atoms. The molecule has 2 aliphatic carbocycles. The zero-order valence-electron chi connectivity index (χ0n) is 24.4. The zero-order valence-corrected chi connectivity index (χ0v) is 24.4. The van der Waals surface area contributed by atoms with E-state index in [1.165, 1.54) is 5.56 Å². The first-order chi connectivity index (χ1) is 20.0. The average Bonchev–Trinajstić information content (AvgIpc) is 3.54. The van der Waals surface area contributed by atoms with Crippen molar-refractivity contribution < 1.29 is 24.2 Å². The summed E-state index contributed by atoms with van der Waals surface area (Å²) in [7, 11) is 0. The molecule has 5 N–H and O–H groups in total. The summed E-state index contributed by atoms with van der Waals surface area (Å²) in [5.74, 6) is 1.33. The van der Waals surface area contributed by atoms with E-state index in [1.54, 1.807) is 36.8 Å². The maximum absolute atomic E-state index is 12.8. The van der Waals surface area contributed by atoms with Crippen LogP contribution in [0.2, 0.25) is 0 Å². The van der Waals surface area contributed by atoms with Gasteiger partial charge in [0.15, 0.2) is 0 Å². The van der Waals surface area contributed by atoms with Gasteiger partial charge < -0.3 is 30.9 Å². The van der Waals surface area contributed by atoms with Crippen LogP contribution in [0.25, 0.3) is 5.52 Å². The Kier molecular flexibility index (Phi) is 7.61. The van der Waals surface area contributed by atoms with Crippen molar-refractivity contribution in [3.63, 3.8) is 0 Å². The lowest BCUT2D eigenvalue weighted by molar-refractivity contribution is -0.126. The molecule has 6 rings (SSSR count). The number of hydrogen-bond donors (Lipinski definition) is 4. The Morgan fingerprint density at radius 1 is 1.21 bits per heavy atom. The van der Waals surface area contributed by atoms with Gasteiger partial charge in [-0.15, -0.1) is 0 Å². The number of benzene rings is 1. The number of nitrogens with two attached hydrogens (primary N) is 1. The maximum atomic E-state index is 12.8. The van der Waals surface area contributed by atoms with Gasteiger partial charge in [-0.25, -0.2) is 4.52 Å². The number of primary amides is 1. The SMILES string of the molecule is CC(C)(O)COc1ccc2c(CC(=O)NC3CC4(C3)CC(Oc3cc(CC5CCNC5)ccc3C(N)=O)C4)cnn2c1. The van der Waals surface area contributed by atoms with Crippen LogP contribution < -0.4 is 25.8 Å². The van der Waals surface area contributed by atoms with E-state index in [9.17, 15) is 14.7 Å². The molecule has 1 saturated heterocycles. The van der Waals surface area contributed by atoms with Crippen molar-refractivity contribution >= 4 is 17.3 Å². The van der Waals surface area contributed by atoms with Crippen LogP contribution in [-0.2, 0) is 17.6 Å². The number of amides is 2. The first kappa shape index (κ1) is 28.5. The molecule has 10 heteroatoms. The molecule has 1 unspecified atom stereocenters. The van der Waals surface area contributed by atoms with Crippen molar-refractivity contribution in [1.29, 1.82) is 0 Å². The van der Waals surface area contributed by atoms with Gasteiger partial charge in [0.1, 0.15) is 18.1 Å². The van der Waals surface area contributed by atoms with Crippen molar-refractivity contribution in [2.75, 3.05) is 19.7 Å². The third-order valence-corrected chi connectivity index (χ3v) is 8.85. The van der Waals surface area contributed by atoms with Crippen LogP contribution in [0.3, 0.4) is 0 Å². The lowest BCUT2D eigenvalue weighted by atomic mass is 9.53. The number of carbonyl (C=O) groups excluding carboxylic acids is 2. The fourth-order valence-electron chi connectivity index (χ4n) is 6.76. The highest BCUT2D eigenvalue weighted by molar-refractivity contribution is 5.95. The lowest BCUT2D eigenvalue weighted by Crippen LogP contribution is -2.59. The van der Waals surface area contributed by atoms with E-state index in [0.29, 0.717) is 23.0 Å². The second-order valence-corrected chi connectivity index (χ2v) is 13.2. The fourth-order valence-corrected chi connectivity index (χ4v) is 6.76. The fraction of sp³-hybridized carbons (Fsp3) is 0.531. The summed E-state index contributed by atoms with van der Waals surface area (Å²) in [5.41, 5.74) is 8.23. The van der Waals surface area contributed by atoms with Gasteiger partial charge in [0.05, 0.1) is 41.6 Å². The number of nitrogens with one attached hydrogen (secondary N) is 2. The van der Waals surface area contributed by atoms with E-state index < -0.39 is 11.5 Å². The minimum absolute atomic E-state index is 0.0143. The standard InChI is InChI=1S/C32H41N5O5/c1-31(2,40)19-41-24-4-6-27-22(17-35-37(27)18-24)11-29(38)36-23-12-32(13-23)14-25(15-32)42-28-10-20(3-5-26(28)30(33)39)9-21-7-8-34-16-21/h3-6,10,17-18,21,23,25,34,40H,7-9,11-16,19H2,1-2H3,(H2,33,39)(H,36,38). The zero-order chi connectivity index (χ0) is 29.5. The number of ether oxygens (including phenoxy) is 2. The smallest absolute Gasteiger partial charge is 0.252 e. The van der Waals surface area contributed by atoms with Gasteiger partial charge in [0, 0.05) is 11.6 Å². The van der Waals surface area contributed by atoms with Crippen molar-refractivity contribution in [2.45, 2.75) is 76.5 Å². The quantitative estimate of drug-likeness (QED) is 0.276. The molecule has 1 spiro atoms. The Morgan fingerprint density at radius 3 is 2.74 bits per heavy atom. The first-order valence-corrected chi connectivity index (χ1v) is 15.0. The van der Waals surface area contributed by atoms with E-state index in [0.717, 1.165) is 62.7 Å². The molecule has 42 heavy (non-hydrogen) atoms. The largest absolute Gasteiger partial charge is 0.490 e. The first-order valence-electron chi connectivity index (χ1n) is 15.0. The molecule has 3 heterocycles. The highest BCUT2D eigenvalue weighted by atomic mass is 16.5. The molecule has 3 aliphatic rings. The summed E-state index contributed by atoms with van der Waals surface area (Å²) in [6.07, 6.45) is 9.61. The Balaban J connectivity index is 0.975. The number of aliphatic hydroxyl groups is 1. The minimum Gasteiger partial charge on any atom is -0.490 e. The summed E-state index contributed by atoms with van der Waals surface area (Å²) < 4.78 is 13.7. The summed E-state index contributed by atoms with van der Waals surface area (Å²) in [6, 6.07) is 9.65. The van der Waals surface area contributed by atoms with Gasteiger partial charge in [0.2, 0.25) is 5.91 Å². The normalized spacial score (nSPS) is 25.2. The van der Waals surface area contributed by atoms with Crippen LogP contribution >= 0.6 is 0 Å². The Labute approximate surface area is 245 Å². The van der Waals surface area contributed by atoms with Crippen LogP contribution in [0.15, 0.2) is 42.7 Å². The molecule has 2 saturated carbocycles. The number of hydrogen-bond acceptors (Lipinski definition) is 7. The third kappa shape index (κ3) is 6.39. The van der Waals surface area contributed by atoms with Gasteiger partial charge in [-0.1, -0.05) is 6.07 Å². The molecule has 3 aromatic rings. The molecule has 1 atom stereocenters. The van der Waals surface area contributed by atoms with Crippen LogP contribution in [0.5, 0.6) is 11.5 Å². The van der Waals surface area contributed by atoms with E-state index >= 15 is 0 Å². The Morgan fingerprint density at radius 2 is 2.02 bits per heavy atom. The molecular formula is C32H41N5O5.